The van der Waals surface area contributed by atoms with E-state index in [-0.39, 0.29) is 24.3 Å². The number of oxime groups is 2. The van der Waals surface area contributed by atoms with Crippen LogP contribution in [0, 0.1) is 0 Å². The Balaban J connectivity index is 1.59. The number of carbonyl (C=O) groups excluding carboxylic acids is 2. The first-order chi connectivity index (χ1) is 20.5. The van der Waals surface area contributed by atoms with E-state index in [1.54, 1.807) is 21.6 Å². The Morgan fingerprint density at radius 3 is 1.40 bits per heavy atom. The van der Waals surface area contributed by atoms with Crippen LogP contribution in [0.1, 0.15) is 50.7 Å². The van der Waals surface area contributed by atoms with Gasteiger partial charge in [-0.05, 0) is 48.2 Å². The normalized spacial score (nSPS) is 11.7. The number of rotatable bonds is 21. The van der Waals surface area contributed by atoms with Crippen LogP contribution in [0.15, 0.2) is 58.8 Å². The summed E-state index contributed by atoms with van der Waals surface area (Å²) in [5.41, 5.74) is 1.75. The van der Waals surface area contributed by atoms with Crippen LogP contribution >= 0.6 is 21.6 Å². The average Bonchev–Trinajstić information content (AvgIpc) is 3.01. The van der Waals surface area contributed by atoms with Gasteiger partial charge in [-0.3, -0.25) is 9.59 Å². The minimum atomic E-state index is -0.423. The predicted molar refractivity (Wildman–Crippen MR) is 170 cm³/mol. The molecule has 0 bridgehead atoms. The summed E-state index contributed by atoms with van der Waals surface area (Å²) in [6.45, 7) is 6.33. The smallest absolute Gasteiger partial charge is 0.269 e. The Morgan fingerprint density at radius 1 is 0.690 bits per heavy atom. The SMILES string of the molecule is CCCCOc1ccc(C/C(=N/O)C(=O)NCCSSCCNC(=O)/C(Cc2ccc(OCCCC)cc2)=N/O)cc1. The first kappa shape index (κ1) is 34.8. The predicted octanol–water partition coefficient (Wildman–Crippen LogP) is 5.10. The number of benzene rings is 2. The van der Waals surface area contributed by atoms with Crippen molar-refractivity contribution in [2.24, 2.45) is 10.3 Å². The maximum atomic E-state index is 12.4. The highest BCUT2D eigenvalue weighted by molar-refractivity contribution is 8.76. The van der Waals surface area contributed by atoms with Crippen molar-refractivity contribution < 1.29 is 29.5 Å². The van der Waals surface area contributed by atoms with E-state index in [1.807, 2.05) is 48.5 Å². The van der Waals surface area contributed by atoms with Gasteiger partial charge in [0.15, 0.2) is 0 Å². The molecule has 10 nitrogen and oxygen atoms in total. The molecule has 2 aromatic rings. The van der Waals surface area contributed by atoms with Gasteiger partial charge in [-0.15, -0.1) is 0 Å². The maximum absolute atomic E-state index is 12.4. The zero-order chi connectivity index (χ0) is 30.4. The monoisotopic (exact) mass is 618 g/mol. The van der Waals surface area contributed by atoms with Gasteiger partial charge in [-0.1, -0.05) is 82.9 Å². The molecule has 12 heteroatoms. The number of hydrogen-bond acceptors (Lipinski definition) is 10. The lowest BCUT2D eigenvalue weighted by atomic mass is 10.1. The van der Waals surface area contributed by atoms with E-state index in [0.29, 0.717) is 37.8 Å². The van der Waals surface area contributed by atoms with Gasteiger partial charge in [0.1, 0.15) is 22.9 Å². The maximum Gasteiger partial charge on any atom is 0.269 e. The van der Waals surface area contributed by atoms with E-state index in [4.69, 9.17) is 9.47 Å². The molecule has 0 aliphatic rings. The second kappa shape index (κ2) is 21.3. The van der Waals surface area contributed by atoms with Crippen molar-refractivity contribution >= 4 is 44.8 Å². The summed E-state index contributed by atoms with van der Waals surface area (Å²) >= 11 is 0. The third-order valence-corrected chi connectivity index (χ3v) is 8.32. The number of ether oxygens (including phenoxy) is 2. The average molecular weight is 619 g/mol. The molecule has 0 saturated carbocycles. The molecule has 2 amide bonds. The van der Waals surface area contributed by atoms with Crippen molar-refractivity contribution in [1.82, 2.24) is 10.6 Å². The fourth-order valence-electron chi connectivity index (χ4n) is 3.52. The van der Waals surface area contributed by atoms with E-state index in [0.717, 1.165) is 48.3 Å². The zero-order valence-electron chi connectivity index (χ0n) is 24.3. The second-order valence-electron chi connectivity index (χ2n) is 9.29. The largest absolute Gasteiger partial charge is 0.494 e. The summed E-state index contributed by atoms with van der Waals surface area (Å²) in [5, 5.41) is 30.5. The van der Waals surface area contributed by atoms with E-state index in [2.05, 4.69) is 34.8 Å². The van der Waals surface area contributed by atoms with Crippen LogP contribution in [-0.4, -0.2) is 71.5 Å². The molecule has 0 aliphatic heterocycles. The first-order valence-electron chi connectivity index (χ1n) is 14.2. The van der Waals surface area contributed by atoms with E-state index >= 15 is 0 Å². The van der Waals surface area contributed by atoms with Crippen molar-refractivity contribution in [2.75, 3.05) is 37.8 Å². The molecular formula is C30H42N4O6S2. The number of nitrogens with zero attached hydrogens (tertiary/aromatic N) is 2. The quantitative estimate of drug-likeness (QED) is 0.0498. The molecule has 0 radical (unpaired) electrons. The lowest BCUT2D eigenvalue weighted by Gasteiger charge is -2.09. The summed E-state index contributed by atoms with van der Waals surface area (Å²) in [7, 11) is 3.10. The van der Waals surface area contributed by atoms with Crippen LogP contribution in [0.25, 0.3) is 0 Å². The van der Waals surface area contributed by atoms with Gasteiger partial charge >= 0.3 is 0 Å². The highest BCUT2D eigenvalue weighted by atomic mass is 33.1. The van der Waals surface area contributed by atoms with Crippen LogP contribution in [0.5, 0.6) is 11.5 Å². The van der Waals surface area contributed by atoms with Gasteiger partial charge < -0.3 is 30.5 Å². The molecule has 2 rings (SSSR count). The zero-order valence-corrected chi connectivity index (χ0v) is 26.0. The topological polar surface area (TPSA) is 142 Å². The van der Waals surface area contributed by atoms with Crippen LogP contribution in [0.3, 0.4) is 0 Å². The molecule has 0 heterocycles. The van der Waals surface area contributed by atoms with Crippen LogP contribution in [0.4, 0.5) is 0 Å². The van der Waals surface area contributed by atoms with Gasteiger partial charge in [0.2, 0.25) is 0 Å². The molecule has 230 valence electrons. The Labute approximate surface area is 256 Å². The highest BCUT2D eigenvalue weighted by Gasteiger charge is 2.14. The Morgan fingerprint density at radius 2 is 1.07 bits per heavy atom. The number of hydrogen-bond donors (Lipinski definition) is 4. The van der Waals surface area contributed by atoms with E-state index < -0.39 is 11.8 Å². The van der Waals surface area contributed by atoms with Gasteiger partial charge in [-0.25, -0.2) is 0 Å². The van der Waals surface area contributed by atoms with Gasteiger partial charge in [0.25, 0.3) is 11.8 Å². The number of nitrogens with one attached hydrogen (secondary N) is 2. The molecule has 2 aromatic carbocycles. The molecule has 42 heavy (non-hydrogen) atoms. The molecule has 0 aliphatic carbocycles. The van der Waals surface area contributed by atoms with E-state index in [1.165, 1.54) is 0 Å². The lowest BCUT2D eigenvalue weighted by Crippen LogP contribution is -2.34. The van der Waals surface area contributed by atoms with E-state index in [9.17, 15) is 20.0 Å². The molecular weight excluding hydrogens is 576 g/mol. The fourth-order valence-corrected chi connectivity index (χ4v) is 5.33. The molecule has 0 spiro atoms. The van der Waals surface area contributed by atoms with Crippen molar-refractivity contribution in [3.8, 4) is 11.5 Å². The molecule has 0 aromatic heterocycles. The fraction of sp³-hybridized carbons (Fsp3) is 0.467. The van der Waals surface area contributed by atoms with Crippen molar-refractivity contribution in [3.63, 3.8) is 0 Å². The minimum Gasteiger partial charge on any atom is -0.494 e. The number of unbranched alkanes of at least 4 members (excludes halogenated alkanes) is 2. The summed E-state index contributed by atoms with van der Waals surface area (Å²) in [6, 6.07) is 14.8. The molecule has 0 unspecified atom stereocenters. The number of amides is 2. The molecule has 0 fully saturated rings. The standard InChI is InChI=1S/C30H42N4O6S2/c1-3-5-17-39-25-11-7-23(8-12-25)21-27(33-37)29(35)31-15-19-41-42-20-16-32-30(36)28(34-38)22-24-9-13-26(14-10-24)40-18-6-4-2/h7-14,37-38H,3-6,15-22H2,1-2H3,(H,31,35)(H,32,36)/b33-27-,34-28+. The first-order valence-corrected chi connectivity index (χ1v) is 16.7. The molecule has 0 saturated heterocycles. The van der Waals surface area contributed by atoms with Crippen molar-refractivity contribution in [2.45, 2.75) is 52.4 Å². The minimum absolute atomic E-state index is 0.0348. The highest BCUT2D eigenvalue weighted by Crippen LogP contribution is 2.19. The molecule has 4 N–H and O–H groups in total. The Bertz CT molecular complexity index is 1040. The number of carbonyl (C=O) groups is 2. The van der Waals surface area contributed by atoms with Crippen LogP contribution in [-0.2, 0) is 22.4 Å². The summed E-state index contributed by atoms with van der Waals surface area (Å²) in [4.78, 5) is 24.8. The van der Waals surface area contributed by atoms with Crippen LogP contribution < -0.4 is 20.1 Å². The summed E-state index contributed by atoms with van der Waals surface area (Å²) in [6.07, 6.45) is 4.52. The summed E-state index contributed by atoms with van der Waals surface area (Å²) in [5.74, 6) is 1.96. The van der Waals surface area contributed by atoms with Gasteiger partial charge in [0, 0.05) is 37.4 Å². The summed E-state index contributed by atoms with van der Waals surface area (Å²) < 4.78 is 11.3. The molecule has 0 atom stereocenters. The van der Waals surface area contributed by atoms with Gasteiger partial charge in [0.05, 0.1) is 13.2 Å². The Hall–Kier alpha value is -3.38. The van der Waals surface area contributed by atoms with Crippen molar-refractivity contribution in [1.29, 1.82) is 0 Å². The second-order valence-corrected chi connectivity index (χ2v) is 12.0. The van der Waals surface area contributed by atoms with Crippen molar-refractivity contribution in [3.05, 3.63) is 59.7 Å². The van der Waals surface area contributed by atoms with Crippen LogP contribution in [0.2, 0.25) is 0 Å². The lowest BCUT2D eigenvalue weighted by molar-refractivity contribution is -0.115. The third kappa shape index (κ3) is 14.0. The Kier molecular flexibility index (Phi) is 17.7. The van der Waals surface area contributed by atoms with Gasteiger partial charge in [-0.2, -0.15) is 0 Å². The third-order valence-electron chi connectivity index (χ3n) is 5.91.